The number of aryl methyl sites for hydroxylation is 2. The number of aromatic nitrogens is 4. The molecule has 4 aromatic rings. The van der Waals surface area contributed by atoms with Crippen molar-refractivity contribution in [2.24, 2.45) is 0 Å². The number of aliphatic hydroxyl groups is 1. The van der Waals surface area contributed by atoms with Gasteiger partial charge in [-0.05, 0) is 56.7 Å². The minimum atomic E-state index is -1.08. The van der Waals surface area contributed by atoms with Gasteiger partial charge in [0.2, 0.25) is 0 Å². The molecule has 9 nitrogen and oxygen atoms in total. The summed E-state index contributed by atoms with van der Waals surface area (Å²) in [5, 5.41) is 27.4. The fourth-order valence-electron chi connectivity index (χ4n) is 4.20. The van der Waals surface area contributed by atoms with E-state index in [2.05, 4.69) is 21.4 Å². The maximum atomic E-state index is 13.0. The molecule has 1 fully saturated rings. The summed E-state index contributed by atoms with van der Waals surface area (Å²) in [5.41, 5.74) is 4.84. The Balaban J connectivity index is 1.65. The first-order valence-corrected chi connectivity index (χ1v) is 11.2. The summed E-state index contributed by atoms with van der Waals surface area (Å²) in [4.78, 5) is 22.1. The van der Waals surface area contributed by atoms with Crippen LogP contribution < -0.4 is 5.32 Å². The van der Waals surface area contributed by atoms with Crippen molar-refractivity contribution in [3.63, 3.8) is 0 Å². The van der Waals surface area contributed by atoms with Gasteiger partial charge in [-0.25, -0.2) is 9.50 Å². The molecule has 1 unspecified atom stereocenters. The van der Waals surface area contributed by atoms with Crippen LogP contribution in [0.25, 0.3) is 28.0 Å². The third-order valence-electron chi connectivity index (χ3n) is 6.21. The van der Waals surface area contributed by atoms with Crippen LogP contribution in [0.15, 0.2) is 48.7 Å². The van der Waals surface area contributed by atoms with Crippen molar-refractivity contribution < 1.29 is 14.6 Å². The Bertz CT molecular complexity index is 1480. The minimum Gasteiger partial charge on any atom is -0.383 e. The van der Waals surface area contributed by atoms with E-state index < -0.39 is 17.6 Å². The van der Waals surface area contributed by atoms with Gasteiger partial charge in [-0.15, -0.1) is 0 Å². The maximum absolute atomic E-state index is 13.0. The number of carbonyl (C=O) groups is 1. The Morgan fingerprint density at radius 3 is 2.57 bits per heavy atom. The lowest BCUT2D eigenvalue weighted by Crippen LogP contribution is -2.62. The number of hydrogen-bond donors (Lipinski definition) is 2. The highest BCUT2D eigenvalue weighted by atomic mass is 16.5. The second kappa shape index (κ2) is 8.58. The summed E-state index contributed by atoms with van der Waals surface area (Å²) in [5.74, 6) is -0.400. The Labute approximate surface area is 202 Å². The largest absolute Gasteiger partial charge is 0.383 e. The van der Waals surface area contributed by atoms with Gasteiger partial charge < -0.3 is 15.2 Å². The van der Waals surface area contributed by atoms with Gasteiger partial charge in [0.1, 0.15) is 17.0 Å². The Morgan fingerprint density at radius 1 is 1.17 bits per heavy atom. The smallest absolute Gasteiger partial charge is 0.270 e. The average Bonchev–Trinajstić information content (AvgIpc) is 3.20. The van der Waals surface area contributed by atoms with Gasteiger partial charge in [-0.2, -0.15) is 10.4 Å². The number of benzene rings is 1. The molecule has 0 spiro atoms. The zero-order chi connectivity index (χ0) is 24.7. The first-order valence-electron chi connectivity index (χ1n) is 11.2. The molecular formula is C26H24N6O3. The summed E-state index contributed by atoms with van der Waals surface area (Å²) in [7, 11) is 0. The number of amides is 1. The molecular weight excluding hydrogens is 444 g/mol. The van der Waals surface area contributed by atoms with Crippen LogP contribution >= 0.6 is 0 Å². The number of nitrogens with zero attached hydrogens (tertiary/aromatic N) is 5. The van der Waals surface area contributed by atoms with Crippen LogP contribution in [0.1, 0.15) is 34.4 Å². The highest BCUT2D eigenvalue weighted by Crippen LogP contribution is 2.35. The fraction of sp³-hybridized carbons (Fsp3) is 0.269. The number of nitrogens with one attached hydrogen (secondary N) is 1. The molecule has 0 radical (unpaired) electrons. The van der Waals surface area contributed by atoms with Gasteiger partial charge in [0.25, 0.3) is 5.91 Å². The molecule has 0 bridgehead atoms. The number of fused-ring (bicyclic) bond motifs is 1. The number of hydrogen-bond acceptors (Lipinski definition) is 7. The molecule has 1 aromatic carbocycles. The molecule has 1 aliphatic heterocycles. The topological polar surface area (TPSA) is 125 Å². The molecule has 5 rings (SSSR count). The lowest BCUT2D eigenvalue weighted by molar-refractivity contribution is -0.190. The Morgan fingerprint density at radius 2 is 1.91 bits per heavy atom. The van der Waals surface area contributed by atoms with Crippen molar-refractivity contribution in [2.75, 3.05) is 13.2 Å². The minimum absolute atomic E-state index is 0.180. The van der Waals surface area contributed by atoms with Crippen molar-refractivity contribution in [3.8, 4) is 28.5 Å². The molecule has 1 aliphatic rings. The van der Waals surface area contributed by atoms with Gasteiger partial charge >= 0.3 is 0 Å². The van der Waals surface area contributed by atoms with Crippen molar-refractivity contribution in [3.05, 3.63) is 71.3 Å². The lowest BCUT2D eigenvalue weighted by Gasteiger charge is -2.41. The molecule has 0 aliphatic carbocycles. The zero-order valence-corrected chi connectivity index (χ0v) is 19.6. The predicted molar refractivity (Wildman–Crippen MR) is 129 cm³/mol. The highest BCUT2D eigenvalue weighted by molar-refractivity contribution is 5.95. The Kier molecular flexibility index (Phi) is 5.55. The molecule has 4 heterocycles. The lowest BCUT2D eigenvalue weighted by atomic mass is 9.93. The normalized spacial score (nSPS) is 15.3. The standard InChI is InChI=1S/C26H24N6O3/c1-15-9-20(10-16(2)28-15)22-23(19-6-4-5-18(11-19)12-27)31-32-8-7-21(30-24(22)32)25(33)29-17(3)26(34)13-35-14-26/h4-11,17,34H,13-14H2,1-3H3,(H,29,33). The van der Waals surface area contributed by atoms with Gasteiger partial charge in [0, 0.05) is 23.1 Å². The van der Waals surface area contributed by atoms with Crippen LogP contribution in [0.3, 0.4) is 0 Å². The number of carbonyl (C=O) groups excluding carboxylic acids is 1. The second-order valence-electron chi connectivity index (χ2n) is 8.93. The number of ether oxygens (including phenoxy) is 1. The second-order valence-corrected chi connectivity index (χ2v) is 8.93. The molecule has 0 saturated carbocycles. The third kappa shape index (κ3) is 4.14. The van der Waals surface area contributed by atoms with Crippen LogP contribution in [-0.2, 0) is 4.74 Å². The van der Waals surface area contributed by atoms with Crippen LogP contribution in [0.4, 0.5) is 0 Å². The fourth-order valence-corrected chi connectivity index (χ4v) is 4.20. The predicted octanol–water partition coefficient (Wildman–Crippen LogP) is 2.83. The number of rotatable bonds is 5. The first-order chi connectivity index (χ1) is 16.8. The summed E-state index contributed by atoms with van der Waals surface area (Å²) < 4.78 is 6.72. The van der Waals surface area contributed by atoms with E-state index in [-0.39, 0.29) is 18.9 Å². The van der Waals surface area contributed by atoms with Crippen molar-refractivity contribution in [1.29, 1.82) is 5.26 Å². The van der Waals surface area contributed by atoms with Crippen LogP contribution in [0, 0.1) is 25.2 Å². The highest BCUT2D eigenvalue weighted by Gasteiger charge is 2.42. The SMILES string of the molecule is Cc1cc(-c2c(-c3cccc(C#N)c3)nn3ccc(C(=O)NC(C)C4(O)COC4)nc23)cc(C)n1. The van der Waals surface area contributed by atoms with E-state index in [9.17, 15) is 15.2 Å². The molecule has 176 valence electrons. The van der Waals surface area contributed by atoms with Crippen molar-refractivity contribution >= 4 is 11.6 Å². The number of nitriles is 1. The number of pyridine rings is 1. The molecule has 1 amide bonds. The van der Waals surface area contributed by atoms with Crippen molar-refractivity contribution in [1.82, 2.24) is 24.9 Å². The van der Waals surface area contributed by atoms with E-state index in [0.29, 0.717) is 16.9 Å². The zero-order valence-electron chi connectivity index (χ0n) is 19.6. The molecule has 9 heteroatoms. The van der Waals surface area contributed by atoms with E-state index >= 15 is 0 Å². The van der Waals surface area contributed by atoms with E-state index in [4.69, 9.17) is 9.84 Å². The molecule has 2 N–H and O–H groups in total. The molecule has 1 saturated heterocycles. The summed E-state index contributed by atoms with van der Waals surface area (Å²) in [6.45, 7) is 5.94. The van der Waals surface area contributed by atoms with E-state index in [0.717, 1.165) is 28.1 Å². The molecule has 3 aromatic heterocycles. The maximum Gasteiger partial charge on any atom is 0.270 e. The average molecular weight is 469 g/mol. The van der Waals surface area contributed by atoms with Gasteiger partial charge in [0.15, 0.2) is 5.65 Å². The van der Waals surface area contributed by atoms with E-state index in [1.54, 1.807) is 35.8 Å². The molecule has 1 atom stereocenters. The Hall–Kier alpha value is -4.13. The first kappa shape index (κ1) is 22.7. The van der Waals surface area contributed by atoms with Gasteiger partial charge in [0.05, 0.1) is 36.5 Å². The summed E-state index contributed by atoms with van der Waals surface area (Å²) in [6, 6.07) is 14.4. The van der Waals surface area contributed by atoms with E-state index in [1.165, 1.54) is 0 Å². The van der Waals surface area contributed by atoms with Crippen molar-refractivity contribution in [2.45, 2.75) is 32.4 Å². The quantitative estimate of drug-likeness (QED) is 0.461. The molecule has 35 heavy (non-hydrogen) atoms. The summed E-state index contributed by atoms with van der Waals surface area (Å²) >= 11 is 0. The van der Waals surface area contributed by atoms with Crippen LogP contribution in [0.5, 0.6) is 0 Å². The summed E-state index contributed by atoms with van der Waals surface area (Å²) in [6.07, 6.45) is 1.69. The van der Waals surface area contributed by atoms with Crippen LogP contribution in [0.2, 0.25) is 0 Å². The van der Waals surface area contributed by atoms with E-state index in [1.807, 2.05) is 38.1 Å². The van der Waals surface area contributed by atoms with Gasteiger partial charge in [-0.3, -0.25) is 9.78 Å². The third-order valence-corrected chi connectivity index (χ3v) is 6.21. The monoisotopic (exact) mass is 468 g/mol. The van der Waals surface area contributed by atoms with Crippen LogP contribution in [-0.4, -0.2) is 55.5 Å². The van der Waals surface area contributed by atoms with Gasteiger partial charge in [-0.1, -0.05) is 12.1 Å².